The van der Waals surface area contributed by atoms with Crippen molar-refractivity contribution in [3.63, 3.8) is 0 Å². The van der Waals surface area contributed by atoms with Crippen molar-refractivity contribution in [1.82, 2.24) is 10.3 Å². The highest BCUT2D eigenvalue weighted by Gasteiger charge is 2.52. The molecule has 2 amide bonds. The number of rotatable bonds is 1. The third kappa shape index (κ3) is 2.42. The van der Waals surface area contributed by atoms with E-state index in [4.69, 9.17) is 0 Å². The van der Waals surface area contributed by atoms with Gasteiger partial charge in [0.05, 0.1) is 12.1 Å². The molecule has 1 aromatic carbocycles. The van der Waals surface area contributed by atoms with E-state index in [1.807, 2.05) is 42.5 Å². The second-order valence-corrected chi connectivity index (χ2v) is 5.82. The molecular formula is C18H15N3O. The van der Waals surface area contributed by atoms with Crippen molar-refractivity contribution in [3.8, 4) is 11.8 Å². The van der Waals surface area contributed by atoms with Crippen molar-refractivity contribution in [2.45, 2.75) is 18.4 Å². The molecule has 1 aromatic heterocycles. The van der Waals surface area contributed by atoms with E-state index in [-0.39, 0.29) is 11.6 Å². The number of anilines is 1. The number of hydrogen-bond acceptors (Lipinski definition) is 2. The van der Waals surface area contributed by atoms with Crippen LogP contribution in [0.1, 0.15) is 24.0 Å². The molecule has 0 atom stereocenters. The zero-order valence-corrected chi connectivity index (χ0v) is 12.0. The summed E-state index contributed by atoms with van der Waals surface area (Å²) in [6.07, 6.45) is 3.85. The van der Waals surface area contributed by atoms with Crippen LogP contribution in [0.3, 0.4) is 0 Å². The fraction of sp³-hybridized carbons (Fsp3) is 0.222. The maximum Gasteiger partial charge on any atom is 0.323 e. The standard InChI is InChI=1S/C18H15N3O/c22-17-20-18(10-11-18)13-21(17)16-9-8-15(12-19-16)7-6-14-4-2-1-3-5-14/h1-5,8-9,12H,10-11,13H2,(H,20,22). The minimum atomic E-state index is -0.0480. The van der Waals surface area contributed by atoms with Crippen LogP contribution in [0.4, 0.5) is 10.6 Å². The number of amides is 2. The van der Waals surface area contributed by atoms with Crippen LogP contribution in [-0.2, 0) is 0 Å². The Balaban J connectivity index is 1.52. The Bertz CT molecular complexity index is 767. The molecular weight excluding hydrogens is 274 g/mol. The maximum atomic E-state index is 12.0. The summed E-state index contributed by atoms with van der Waals surface area (Å²) >= 11 is 0. The van der Waals surface area contributed by atoms with Crippen molar-refractivity contribution < 1.29 is 4.79 Å². The van der Waals surface area contributed by atoms with Crippen molar-refractivity contribution in [2.75, 3.05) is 11.4 Å². The smallest absolute Gasteiger partial charge is 0.323 e. The number of nitrogens with zero attached hydrogens (tertiary/aromatic N) is 2. The van der Waals surface area contributed by atoms with E-state index in [1.54, 1.807) is 11.1 Å². The fourth-order valence-electron chi connectivity index (χ4n) is 2.61. The topological polar surface area (TPSA) is 45.2 Å². The van der Waals surface area contributed by atoms with Crippen LogP contribution in [0, 0.1) is 11.8 Å². The molecule has 1 saturated carbocycles. The maximum absolute atomic E-state index is 12.0. The van der Waals surface area contributed by atoms with Crippen LogP contribution in [-0.4, -0.2) is 23.1 Å². The fourth-order valence-corrected chi connectivity index (χ4v) is 2.61. The first-order chi connectivity index (χ1) is 10.7. The van der Waals surface area contributed by atoms with Crippen LogP contribution in [0.15, 0.2) is 48.7 Å². The number of carbonyl (C=O) groups is 1. The van der Waals surface area contributed by atoms with Crippen LogP contribution < -0.4 is 10.2 Å². The zero-order valence-electron chi connectivity index (χ0n) is 12.0. The quantitative estimate of drug-likeness (QED) is 0.820. The Kier molecular flexibility index (Phi) is 2.87. The van der Waals surface area contributed by atoms with E-state index in [1.165, 1.54) is 0 Å². The first-order valence-corrected chi connectivity index (χ1v) is 7.37. The normalized spacial score (nSPS) is 17.8. The van der Waals surface area contributed by atoms with Gasteiger partial charge in [-0.15, -0.1) is 0 Å². The predicted molar refractivity (Wildman–Crippen MR) is 84.5 cm³/mol. The number of aromatic nitrogens is 1. The highest BCUT2D eigenvalue weighted by Crippen LogP contribution is 2.40. The number of benzene rings is 1. The minimum Gasteiger partial charge on any atom is -0.330 e. The van der Waals surface area contributed by atoms with Crippen molar-refractivity contribution in [2.24, 2.45) is 0 Å². The molecule has 1 N–H and O–H groups in total. The summed E-state index contributed by atoms with van der Waals surface area (Å²) in [6.45, 7) is 0.716. The van der Waals surface area contributed by atoms with Gasteiger partial charge >= 0.3 is 6.03 Å². The number of carbonyl (C=O) groups excluding carboxylic acids is 1. The largest absolute Gasteiger partial charge is 0.330 e. The molecule has 2 fully saturated rings. The molecule has 2 aromatic rings. The molecule has 22 heavy (non-hydrogen) atoms. The lowest BCUT2D eigenvalue weighted by atomic mass is 10.2. The van der Waals surface area contributed by atoms with Gasteiger partial charge in [0.25, 0.3) is 0 Å². The third-order valence-electron chi connectivity index (χ3n) is 4.08. The second kappa shape index (κ2) is 4.88. The second-order valence-electron chi connectivity index (χ2n) is 5.82. The Morgan fingerprint density at radius 1 is 1.05 bits per heavy atom. The summed E-state index contributed by atoms with van der Waals surface area (Å²) in [5, 5.41) is 3.03. The molecule has 0 radical (unpaired) electrons. The molecule has 1 spiro atoms. The van der Waals surface area contributed by atoms with Gasteiger partial charge < -0.3 is 5.32 Å². The molecule has 1 saturated heterocycles. The van der Waals surface area contributed by atoms with Gasteiger partial charge in [0, 0.05) is 17.3 Å². The number of urea groups is 1. The molecule has 2 heterocycles. The molecule has 0 bridgehead atoms. The first-order valence-electron chi connectivity index (χ1n) is 7.37. The minimum absolute atomic E-state index is 0.0184. The average Bonchev–Trinajstić information content (AvgIpc) is 3.22. The van der Waals surface area contributed by atoms with Gasteiger partial charge in [-0.05, 0) is 37.1 Å². The van der Waals surface area contributed by atoms with Gasteiger partial charge in [0.2, 0.25) is 0 Å². The Morgan fingerprint density at radius 3 is 2.45 bits per heavy atom. The average molecular weight is 289 g/mol. The summed E-state index contributed by atoms with van der Waals surface area (Å²) in [5.41, 5.74) is 1.83. The lowest BCUT2D eigenvalue weighted by Gasteiger charge is -2.12. The molecule has 1 aliphatic heterocycles. The monoisotopic (exact) mass is 289 g/mol. The number of nitrogens with one attached hydrogen (secondary N) is 1. The summed E-state index contributed by atoms with van der Waals surface area (Å²) < 4.78 is 0. The summed E-state index contributed by atoms with van der Waals surface area (Å²) in [7, 11) is 0. The van der Waals surface area contributed by atoms with Gasteiger partial charge in [-0.3, -0.25) is 4.90 Å². The van der Waals surface area contributed by atoms with Crippen LogP contribution >= 0.6 is 0 Å². The van der Waals surface area contributed by atoms with Crippen LogP contribution in [0.25, 0.3) is 0 Å². The predicted octanol–water partition coefficient (Wildman–Crippen LogP) is 2.54. The molecule has 0 unspecified atom stereocenters. The summed E-state index contributed by atoms with van der Waals surface area (Å²) in [6, 6.07) is 13.6. The van der Waals surface area contributed by atoms with E-state index in [0.717, 1.165) is 24.0 Å². The highest BCUT2D eigenvalue weighted by atomic mass is 16.2. The molecule has 4 rings (SSSR count). The molecule has 2 aliphatic rings. The Morgan fingerprint density at radius 2 is 1.82 bits per heavy atom. The Hall–Kier alpha value is -2.80. The van der Waals surface area contributed by atoms with Crippen LogP contribution in [0.5, 0.6) is 0 Å². The summed E-state index contributed by atoms with van der Waals surface area (Å²) in [5.74, 6) is 6.87. The Labute approximate surface area is 129 Å². The lowest BCUT2D eigenvalue weighted by Crippen LogP contribution is -2.29. The molecule has 1 aliphatic carbocycles. The number of hydrogen-bond donors (Lipinski definition) is 1. The van der Waals surface area contributed by atoms with Gasteiger partial charge in [-0.1, -0.05) is 30.0 Å². The molecule has 4 heteroatoms. The lowest BCUT2D eigenvalue weighted by molar-refractivity contribution is 0.250. The van der Waals surface area contributed by atoms with Crippen molar-refractivity contribution in [3.05, 3.63) is 59.8 Å². The van der Waals surface area contributed by atoms with E-state index in [9.17, 15) is 4.79 Å². The van der Waals surface area contributed by atoms with Gasteiger partial charge in [0.15, 0.2) is 0 Å². The van der Waals surface area contributed by atoms with Crippen molar-refractivity contribution >= 4 is 11.8 Å². The van der Waals surface area contributed by atoms with Crippen molar-refractivity contribution in [1.29, 1.82) is 0 Å². The van der Waals surface area contributed by atoms with E-state index < -0.39 is 0 Å². The molecule has 4 nitrogen and oxygen atoms in total. The highest BCUT2D eigenvalue weighted by molar-refractivity contribution is 5.94. The third-order valence-corrected chi connectivity index (χ3v) is 4.08. The molecule has 108 valence electrons. The van der Waals surface area contributed by atoms with E-state index >= 15 is 0 Å². The van der Waals surface area contributed by atoms with E-state index in [0.29, 0.717) is 12.4 Å². The van der Waals surface area contributed by atoms with Gasteiger partial charge in [-0.25, -0.2) is 9.78 Å². The zero-order chi connectivity index (χ0) is 15.0. The van der Waals surface area contributed by atoms with Gasteiger partial charge in [-0.2, -0.15) is 0 Å². The van der Waals surface area contributed by atoms with Crippen LogP contribution in [0.2, 0.25) is 0 Å². The summed E-state index contributed by atoms with van der Waals surface area (Å²) in [4.78, 5) is 18.1. The number of pyridine rings is 1. The first kappa shape index (κ1) is 12.9. The van der Waals surface area contributed by atoms with Gasteiger partial charge in [0.1, 0.15) is 5.82 Å². The SMILES string of the molecule is O=C1NC2(CC2)CN1c1ccc(C#Cc2ccccc2)cn1. The van der Waals surface area contributed by atoms with E-state index in [2.05, 4.69) is 22.1 Å².